The number of hydrogen-bond acceptors (Lipinski definition) is 3. The minimum atomic E-state index is -0.868. The summed E-state index contributed by atoms with van der Waals surface area (Å²) < 4.78 is 1.92. The number of hydrogen-bond donors (Lipinski definition) is 1. The van der Waals surface area contributed by atoms with Crippen molar-refractivity contribution in [2.75, 3.05) is 0 Å². The van der Waals surface area contributed by atoms with E-state index in [4.69, 9.17) is 5.11 Å². The predicted octanol–water partition coefficient (Wildman–Crippen LogP) is 3.34. The first-order chi connectivity index (χ1) is 8.52. The molecule has 96 valence electrons. The van der Waals surface area contributed by atoms with Gasteiger partial charge in [-0.3, -0.25) is 4.68 Å². The van der Waals surface area contributed by atoms with Crippen LogP contribution in [0.3, 0.4) is 0 Å². The Bertz CT molecular complexity index is 584. The van der Waals surface area contributed by atoms with E-state index in [9.17, 15) is 4.79 Å². The standard InChI is InChI=1S/C13H16N2O2S/c1-4-5-15-7-10(9(3)14-15)12-8(2)6-11(18-12)13(16)17/h6-7H,4-5H2,1-3H3,(H,16,17). The van der Waals surface area contributed by atoms with Crippen molar-refractivity contribution in [1.82, 2.24) is 9.78 Å². The van der Waals surface area contributed by atoms with Gasteiger partial charge in [-0.25, -0.2) is 4.79 Å². The molecular weight excluding hydrogens is 248 g/mol. The summed E-state index contributed by atoms with van der Waals surface area (Å²) in [5.41, 5.74) is 2.99. The zero-order valence-corrected chi connectivity index (χ0v) is 11.5. The van der Waals surface area contributed by atoms with Gasteiger partial charge < -0.3 is 5.11 Å². The molecule has 2 rings (SSSR count). The zero-order valence-electron chi connectivity index (χ0n) is 10.7. The molecule has 0 amide bonds. The van der Waals surface area contributed by atoms with E-state index in [0.717, 1.165) is 34.7 Å². The average Bonchev–Trinajstić information content (AvgIpc) is 2.83. The molecule has 18 heavy (non-hydrogen) atoms. The van der Waals surface area contributed by atoms with Gasteiger partial charge in [0.25, 0.3) is 0 Å². The fourth-order valence-electron chi connectivity index (χ4n) is 1.94. The van der Waals surface area contributed by atoms with Crippen LogP contribution in [-0.2, 0) is 6.54 Å². The van der Waals surface area contributed by atoms with Crippen LogP contribution in [0.4, 0.5) is 0 Å². The summed E-state index contributed by atoms with van der Waals surface area (Å²) in [7, 11) is 0. The molecule has 4 nitrogen and oxygen atoms in total. The lowest BCUT2D eigenvalue weighted by molar-refractivity contribution is 0.0702. The van der Waals surface area contributed by atoms with Crippen molar-refractivity contribution in [2.45, 2.75) is 33.7 Å². The lowest BCUT2D eigenvalue weighted by Gasteiger charge is -1.96. The van der Waals surface area contributed by atoms with E-state index in [0.29, 0.717) is 4.88 Å². The Balaban J connectivity index is 2.44. The molecule has 0 saturated carbocycles. The van der Waals surface area contributed by atoms with Gasteiger partial charge in [0.2, 0.25) is 0 Å². The molecule has 0 radical (unpaired) electrons. The van der Waals surface area contributed by atoms with Gasteiger partial charge in [-0.15, -0.1) is 11.3 Å². The number of aromatic nitrogens is 2. The molecule has 0 aliphatic carbocycles. The minimum Gasteiger partial charge on any atom is -0.477 e. The molecule has 2 heterocycles. The number of carboxylic acids is 1. The van der Waals surface area contributed by atoms with Gasteiger partial charge in [0.05, 0.1) is 5.69 Å². The second-order valence-corrected chi connectivity index (χ2v) is 5.37. The molecule has 0 atom stereocenters. The van der Waals surface area contributed by atoms with Gasteiger partial charge in [0, 0.05) is 23.2 Å². The van der Waals surface area contributed by atoms with Crippen molar-refractivity contribution < 1.29 is 9.90 Å². The summed E-state index contributed by atoms with van der Waals surface area (Å²) in [6.07, 6.45) is 3.04. The molecule has 1 N–H and O–H groups in total. The largest absolute Gasteiger partial charge is 0.477 e. The highest BCUT2D eigenvalue weighted by Gasteiger charge is 2.16. The van der Waals surface area contributed by atoms with Gasteiger partial charge in [-0.2, -0.15) is 5.10 Å². The number of thiophene rings is 1. The highest BCUT2D eigenvalue weighted by atomic mass is 32.1. The predicted molar refractivity (Wildman–Crippen MR) is 72.3 cm³/mol. The lowest BCUT2D eigenvalue weighted by atomic mass is 10.1. The Morgan fingerprint density at radius 2 is 2.22 bits per heavy atom. The van der Waals surface area contributed by atoms with Crippen LogP contribution in [0.1, 0.15) is 34.3 Å². The number of carbonyl (C=O) groups is 1. The van der Waals surface area contributed by atoms with Crippen LogP contribution < -0.4 is 0 Å². The van der Waals surface area contributed by atoms with E-state index in [-0.39, 0.29) is 0 Å². The molecule has 0 spiro atoms. The summed E-state index contributed by atoms with van der Waals surface area (Å²) >= 11 is 1.31. The Hall–Kier alpha value is -1.62. The van der Waals surface area contributed by atoms with Crippen molar-refractivity contribution in [2.24, 2.45) is 0 Å². The molecule has 0 fully saturated rings. The molecule has 0 aliphatic heterocycles. The first-order valence-corrected chi connectivity index (χ1v) is 6.72. The van der Waals surface area contributed by atoms with E-state index in [1.165, 1.54) is 11.3 Å². The first kappa shape index (κ1) is 12.8. The number of carboxylic acid groups (broad SMARTS) is 1. The topological polar surface area (TPSA) is 55.1 Å². The second kappa shape index (κ2) is 4.94. The third-order valence-corrected chi connectivity index (χ3v) is 4.03. The van der Waals surface area contributed by atoms with E-state index in [2.05, 4.69) is 12.0 Å². The quantitative estimate of drug-likeness (QED) is 0.921. The normalized spacial score (nSPS) is 10.8. The van der Waals surface area contributed by atoms with Crippen LogP contribution in [0.5, 0.6) is 0 Å². The third-order valence-electron chi connectivity index (χ3n) is 2.77. The number of aromatic carboxylic acids is 1. The third kappa shape index (κ3) is 2.31. The van der Waals surface area contributed by atoms with Crippen molar-refractivity contribution in [3.05, 3.63) is 28.4 Å². The number of aryl methyl sites for hydroxylation is 3. The van der Waals surface area contributed by atoms with E-state index in [1.807, 2.05) is 24.7 Å². The smallest absolute Gasteiger partial charge is 0.345 e. The summed E-state index contributed by atoms with van der Waals surface area (Å²) in [5, 5.41) is 13.5. The van der Waals surface area contributed by atoms with Crippen LogP contribution in [0.2, 0.25) is 0 Å². The molecule has 5 heteroatoms. The van der Waals surface area contributed by atoms with E-state index < -0.39 is 5.97 Å². The van der Waals surface area contributed by atoms with Crippen molar-refractivity contribution in [3.63, 3.8) is 0 Å². The van der Waals surface area contributed by atoms with Crippen LogP contribution in [0.15, 0.2) is 12.3 Å². The molecular formula is C13H16N2O2S. The number of rotatable bonds is 4. The van der Waals surface area contributed by atoms with E-state index >= 15 is 0 Å². The summed E-state index contributed by atoms with van der Waals surface area (Å²) in [6.45, 7) is 6.89. The Morgan fingerprint density at radius 1 is 1.50 bits per heavy atom. The van der Waals surface area contributed by atoms with E-state index in [1.54, 1.807) is 6.07 Å². The number of nitrogens with zero attached hydrogens (tertiary/aromatic N) is 2. The average molecular weight is 264 g/mol. The molecule has 0 saturated heterocycles. The Morgan fingerprint density at radius 3 is 2.78 bits per heavy atom. The van der Waals surface area contributed by atoms with Crippen LogP contribution in [0.25, 0.3) is 10.4 Å². The first-order valence-electron chi connectivity index (χ1n) is 5.91. The van der Waals surface area contributed by atoms with Gasteiger partial charge in [0.15, 0.2) is 0 Å². The zero-order chi connectivity index (χ0) is 13.3. The monoisotopic (exact) mass is 264 g/mol. The van der Waals surface area contributed by atoms with Crippen molar-refractivity contribution in [1.29, 1.82) is 0 Å². The SMILES string of the molecule is CCCn1cc(-c2sc(C(=O)O)cc2C)c(C)n1. The molecule has 2 aromatic heterocycles. The Kier molecular flexibility index (Phi) is 3.52. The van der Waals surface area contributed by atoms with Crippen molar-refractivity contribution >= 4 is 17.3 Å². The van der Waals surface area contributed by atoms with Crippen molar-refractivity contribution in [3.8, 4) is 10.4 Å². The summed E-state index contributed by atoms with van der Waals surface area (Å²) in [4.78, 5) is 12.4. The highest BCUT2D eigenvalue weighted by molar-refractivity contribution is 7.17. The lowest BCUT2D eigenvalue weighted by Crippen LogP contribution is -1.96. The Labute approximate surface area is 110 Å². The highest BCUT2D eigenvalue weighted by Crippen LogP contribution is 2.34. The maximum Gasteiger partial charge on any atom is 0.345 e. The summed E-state index contributed by atoms with van der Waals surface area (Å²) in [6, 6.07) is 1.72. The maximum absolute atomic E-state index is 11.0. The summed E-state index contributed by atoms with van der Waals surface area (Å²) in [5.74, 6) is -0.868. The maximum atomic E-state index is 11.0. The van der Waals surface area contributed by atoms with Gasteiger partial charge >= 0.3 is 5.97 Å². The molecule has 0 bridgehead atoms. The minimum absolute atomic E-state index is 0.380. The van der Waals surface area contributed by atoms with Gasteiger partial charge in [-0.1, -0.05) is 6.92 Å². The van der Waals surface area contributed by atoms with Gasteiger partial charge in [-0.05, 0) is 31.9 Å². The van der Waals surface area contributed by atoms with Crippen LogP contribution >= 0.6 is 11.3 Å². The molecule has 2 aromatic rings. The molecule has 0 unspecified atom stereocenters. The fraction of sp³-hybridized carbons (Fsp3) is 0.385. The van der Waals surface area contributed by atoms with Crippen LogP contribution in [0, 0.1) is 13.8 Å². The second-order valence-electron chi connectivity index (χ2n) is 4.32. The molecule has 0 aliphatic rings. The van der Waals surface area contributed by atoms with Gasteiger partial charge in [0.1, 0.15) is 4.88 Å². The molecule has 0 aromatic carbocycles. The fourth-order valence-corrected chi connectivity index (χ4v) is 3.01. The van der Waals surface area contributed by atoms with Crippen LogP contribution in [-0.4, -0.2) is 20.9 Å².